The van der Waals surface area contributed by atoms with E-state index in [0.29, 0.717) is 24.9 Å². The number of likely N-dealkylation sites (tertiary alicyclic amines) is 1. The highest BCUT2D eigenvalue weighted by molar-refractivity contribution is 6.05. The van der Waals surface area contributed by atoms with Crippen molar-refractivity contribution in [2.24, 2.45) is 11.8 Å². The maximum atomic E-state index is 14.3. The molecule has 1 spiro atoms. The summed E-state index contributed by atoms with van der Waals surface area (Å²) in [5, 5.41) is 19.9. The molecule has 1 aromatic carbocycles. The van der Waals surface area contributed by atoms with Gasteiger partial charge < -0.3 is 24.7 Å². The zero-order valence-corrected chi connectivity index (χ0v) is 19.4. The first kappa shape index (κ1) is 23.4. The molecule has 178 valence electrons. The number of carbonyl (C=O) groups is 3. The molecule has 6 atom stereocenters. The smallest absolute Gasteiger partial charge is 0.310 e. The summed E-state index contributed by atoms with van der Waals surface area (Å²) in [6.45, 7) is 9.41. The van der Waals surface area contributed by atoms with Crippen LogP contribution in [0, 0.1) is 25.7 Å². The number of benzene rings is 1. The summed E-state index contributed by atoms with van der Waals surface area (Å²) in [4.78, 5) is 43.1. The summed E-state index contributed by atoms with van der Waals surface area (Å²) in [6.07, 6.45) is 2.39. The van der Waals surface area contributed by atoms with Crippen molar-refractivity contribution < 1.29 is 29.3 Å². The number of fused-ring (bicyclic) bond motifs is 1. The van der Waals surface area contributed by atoms with Crippen LogP contribution in [0.5, 0.6) is 0 Å². The first-order chi connectivity index (χ1) is 15.7. The monoisotopic (exact) mass is 456 g/mol. The number of carboxylic acid groups (broad SMARTS) is 1. The van der Waals surface area contributed by atoms with Crippen molar-refractivity contribution in [1.82, 2.24) is 4.90 Å². The Kier molecular flexibility index (Phi) is 6.09. The zero-order chi connectivity index (χ0) is 24.1. The third-order valence-electron chi connectivity index (χ3n) is 7.57. The van der Waals surface area contributed by atoms with Gasteiger partial charge in [0.1, 0.15) is 11.6 Å². The second-order valence-corrected chi connectivity index (χ2v) is 9.41. The molecular weight excluding hydrogens is 424 g/mol. The lowest BCUT2D eigenvalue weighted by molar-refractivity contribution is -0.151. The van der Waals surface area contributed by atoms with Gasteiger partial charge in [-0.25, -0.2) is 0 Å². The molecule has 3 aliphatic heterocycles. The lowest BCUT2D eigenvalue weighted by Crippen LogP contribution is -2.59. The van der Waals surface area contributed by atoms with Crippen LogP contribution in [-0.4, -0.2) is 69.8 Å². The minimum Gasteiger partial charge on any atom is -0.481 e. The van der Waals surface area contributed by atoms with Crippen LogP contribution in [0.25, 0.3) is 0 Å². The van der Waals surface area contributed by atoms with Crippen molar-refractivity contribution in [2.45, 2.75) is 63.8 Å². The number of nitrogens with zero attached hydrogens (tertiary/aromatic N) is 2. The van der Waals surface area contributed by atoms with Gasteiger partial charge in [0, 0.05) is 12.2 Å². The van der Waals surface area contributed by atoms with E-state index in [1.54, 1.807) is 11.0 Å². The first-order valence-electron chi connectivity index (χ1n) is 11.5. The number of carbonyl (C=O) groups excluding carboxylic acids is 2. The molecule has 3 heterocycles. The van der Waals surface area contributed by atoms with E-state index in [9.17, 15) is 24.6 Å². The zero-order valence-electron chi connectivity index (χ0n) is 19.4. The lowest BCUT2D eigenvalue weighted by Gasteiger charge is -2.39. The number of aliphatic carboxylic acids is 1. The van der Waals surface area contributed by atoms with Crippen molar-refractivity contribution >= 4 is 23.5 Å². The first-order valence-corrected chi connectivity index (χ1v) is 11.5. The third-order valence-corrected chi connectivity index (χ3v) is 7.57. The molecule has 0 aromatic heterocycles. The number of ether oxygens (including phenoxy) is 1. The molecule has 3 fully saturated rings. The Morgan fingerprint density at radius 3 is 2.73 bits per heavy atom. The summed E-state index contributed by atoms with van der Waals surface area (Å²) < 4.78 is 6.25. The number of aryl methyl sites for hydroxylation is 2. The minimum atomic E-state index is -1.21. The molecule has 8 nitrogen and oxygen atoms in total. The number of hydrogen-bond acceptors (Lipinski definition) is 5. The van der Waals surface area contributed by atoms with E-state index in [4.69, 9.17) is 4.74 Å². The molecule has 3 saturated heterocycles. The van der Waals surface area contributed by atoms with Gasteiger partial charge in [-0.1, -0.05) is 25.1 Å². The van der Waals surface area contributed by atoms with Crippen molar-refractivity contribution in [3.8, 4) is 0 Å². The Hall–Kier alpha value is -2.71. The Morgan fingerprint density at radius 2 is 2.12 bits per heavy atom. The average Bonchev–Trinajstić information content (AvgIpc) is 3.42. The van der Waals surface area contributed by atoms with Crippen molar-refractivity contribution in [3.05, 3.63) is 42.0 Å². The van der Waals surface area contributed by atoms with Crippen LogP contribution < -0.4 is 4.90 Å². The lowest BCUT2D eigenvalue weighted by atomic mass is 9.70. The Morgan fingerprint density at radius 1 is 1.39 bits per heavy atom. The minimum absolute atomic E-state index is 0.226. The highest BCUT2D eigenvalue weighted by Gasteiger charge is 2.75. The van der Waals surface area contributed by atoms with Crippen LogP contribution in [-0.2, 0) is 19.1 Å². The summed E-state index contributed by atoms with van der Waals surface area (Å²) in [7, 11) is 0. The number of amides is 2. The van der Waals surface area contributed by atoms with E-state index in [0.717, 1.165) is 11.1 Å². The van der Waals surface area contributed by atoms with E-state index in [1.165, 1.54) is 4.90 Å². The summed E-state index contributed by atoms with van der Waals surface area (Å²) >= 11 is 0. The Bertz CT molecular complexity index is 989. The Balaban J connectivity index is 1.85. The van der Waals surface area contributed by atoms with Gasteiger partial charge in [-0.05, 0) is 50.3 Å². The molecule has 0 saturated carbocycles. The standard InChI is InChI=1S/C25H32N2O6/c1-5-11-26(17-12-14(3)7-8-15(17)4)23(30)21-25-10-9-18(33-25)19(24(31)32)20(25)22(29)27(21)16(6-2)13-28/h5,7-8,12,16,18-21,28H,1,6,9-11,13H2,2-4H3,(H,31,32)/t16-,18+,19-,20-,21?,25?/m0/s1. The summed E-state index contributed by atoms with van der Waals surface area (Å²) in [5.74, 6) is -3.76. The SMILES string of the molecule is C=CCN(C(=O)C1N([C@@H](CC)CO)C(=O)[C@@H]2[C@@H](C(=O)O)[C@H]3CCC12O3)c1cc(C)ccc1C. The highest BCUT2D eigenvalue weighted by Crippen LogP contribution is 2.59. The van der Waals surface area contributed by atoms with Gasteiger partial charge >= 0.3 is 5.97 Å². The second kappa shape index (κ2) is 8.57. The number of carboxylic acids is 1. The summed E-state index contributed by atoms with van der Waals surface area (Å²) in [6, 6.07) is 4.21. The summed E-state index contributed by atoms with van der Waals surface area (Å²) in [5.41, 5.74) is 1.39. The van der Waals surface area contributed by atoms with Gasteiger partial charge in [-0.2, -0.15) is 0 Å². The maximum absolute atomic E-state index is 14.3. The van der Waals surface area contributed by atoms with E-state index >= 15 is 0 Å². The average molecular weight is 457 g/mol. The van der Waals surface area contributed by atoms with Gasteiger partial charge in [0.2, 0.25) is 5.91 Å². The fraction of sp³-hybridized carbons (Fsp3) is 0.560. The normalized spacial score (nSPS) is 30.9. The molecule has 2 bridgehead atoms. The van der Waals surface area contributed by atoms with Crippen LogP contribution in [0.4, 0.5) is 5.69 Å². The molecule has 1 aromatic rings. The van der Waals surface area contributed by atoms with Crippen LogP contribution in [0.15, 0.2) is 30.9 Å². The van der Waals surface area contributed by atoms with Gasteiger partial charge in [-0.3, -0.25) is 14.4 Å². The van der Waals surface area contributed by atoms with Gasteiger partial charge in [-0.15, -0.1) is 6.58 Å². The van der Waals surface area contributed by atoms with Gasteiger partial charge in [0.15, 0.2) is 0 Å². The molecule has 33 heavy (non-hydrogen) atoms. The number of hydrogen-bond donors (Lipinski definition) is 2. The highest BCUT2D eigenvalue weighted by atomic mass is 16.5. The van der Waals surface area contributed by atoms with Gasteiger partial charge in [0.05, 0.1) is 30.6 Å². The predicted octanol–water partition coefficient (Wildman–Crippen LogP) is 2.05. The molecular formula is C25H32N2O6. The number of anilines is 1. The van der Waals surface area contributed by atoms with E-state index in [2.05, 4.69) is 6.58 Å². The molecule has 2 amide bonds. The molecule has 3 aliphatic rings. The van der Waals surface area contributed by atoms with E-state index in [1.807, 2.05) is 39.0 Å². The number of rotatable bonds is 8. The van der Waals surface area contributed by atoms with Crippen LogP contribution in [0.1, 0.15) is 37.3 Å². The Labute approximate surface area is 193 Å². The van der Waals surface area contributed by atoms with Crippen LogP contribution in [0.3, 0.4) is 0 Å². The van der Waals surface area contributed by atoms with E-state index in [-0.39, 0.29) is 19.1 Å². The molecule has 2 unspecified atom stereocenters. The van der Waals surface area contributed by atoms with Crippen molar-refractivity contribution in [1.29, 1.82) is 0 Å². The fourth-order valence-electron chi connectivity index (χ4n) is 6.05. The molecule has 0 aliphatic carbocycles. The largest absolute Gasteiger partial charge is 0.481 e. The number of aliphatic hydroxyl groups excluding tert-OH is 1. The quantitative estimate of drug-likeness (QED) is 0.580. The van der Waals surface area contributed by atoms with Crippen molar-refractivity contribution in [2.75, 3.05) is 18.1 Å². The molecule has 4 rings (SSSR count). The molecule has 8 heteroatoms. The van der Waals surface area contributed by atoms with Gasteiger partial charge in [0.25, 0.3) is 5.91 Å². The van der Waals surface area contributed by atoms with Crippen molar-refractivity contribution in [3.63, 3.8) is 0 Å². The fourth-order valence-corrected chi connectivity index (χ4v) is 6.05. The molecule has 2 N–H and O–H groups in total. The van der Waals surface area contributed by atoms with Crippen LogP contribution >= 0.6 is 0 Å². The molecule has 0 radical (unpaired) electrons. The number of aliphatic hydroxyl groups is 1. The predicted molar refractivity (Wildman–Crippen MR) is 122 cm³/mol. The van der Waals surface area contributed by atoms with Crippen LogP contribution in [0.2, 0.25) is 0 Å². The maximum Gasteiger partial charge on any atom is 0.310 e. The topological polar surface area (TPSA) is 107 Å². The van der Waals surface area contributed by atoms with E-state index < -0.39 is 47.5 Å². The second-order valence-electron chi connectivity index (χ2n) is 9.41. The third kappa shape index (κ3) is 3.38.